The summed E-state index contributed by atoms with van der Waals surface area (Å²) in [7, 11) is -4.25. The topological polar surface area (TPSA) is 77.8 Å². The molecule has 0 unspecified atom stereocenters. The molecule has 0 spiro atoms. The third kappa shape index (κ3) is 4.34. The smallest absolute Gasteiger partial charge is 0.352 e. The first-order valence-electron chi connectivity index (χ1n) is 3.53. The van der Waals surface area contributed by atoms with Crippen LogP contribution >= 0.6 is 7.60 Å². The minimum absolute atomic E-state index is 0.340. The first-order valence-corrected chi connectivity index (χ1v) is 5.21. The number of allylic oxidation sites excluding steroid dienone is 2. The molecule has 0 aliphatic carbocycles. The second-order valence-corrected chi connectivity index (χ2v) is 3.71. The molecule has 0 rings (SSSR count). The fourth-order valence-electron chi connectivity index (χ4n) is 0.775. The van der Waals surface area contributed by atoms with Gasteiger partial charge in [-0.05, 0) is 18.9 Å². The molecule has 0 aromatic rings. The van der Waals surface area contributed by atoms with Crippen molar-refractivity contribution in [2.75, 3.05) is 0 Å². The maximum atomic E-state index is 10.4. The largest absolute Gasteiger partial charge is 0.507 e. The lowest BCUT2D eigenvalue weighted by Crippen LogP contribution is -1.87. The number of hydrogen-bond acceptors (Lipinski definition) is 2. The van der Waals surface area contributed by atoms with E-state index >= 15 is 0 Å². The zero-order valence-electron chi connectivity index (χ0n) is 7.06. The highest BCUT2D eigenvalue weighted by Crippen LogP contribution is 2.38. The number of aliphatic hydroxyl groups excluding tert-OH is 1. The van der Waals surface area contributed by atoms with Gasteiger partial charge in [0.2, 0.25) is 0 Å². The number of rotatable bonds is 3. The Hall–Kier alpha value is -0.570. The van der Waals surface area contributed by atoms with Crippen molar-refractivity contribution in [1.82, 2.24) is 0 Å². The van der Waals surface area contributed by atoms with Crippen molar-refractivity contribution in [3.05, 3.63) is 23.2 Å². The van der Waals surface area contributed by atoms with Crippen molar-refractivity contribution < 1.29 is 19.5 Å². The van der Waals surface area contributed by atoms with Crippen LogP contribution in [0.4, 0.5) is 0 Å². The van der Waals surface area contributed by atoms with Crippen LogP contribution in [-0.4, -0.2) is 14.9 Å². The standard InChI is InChI=1S/C7H13O4P/c1-3-6(4-2)7(8)5-12(9,10)11/h3,5,8H,4H2,1-2H3,(H2,9,10,11)/b6-3-,7-5-. The Bertz CT molecular complexity index is 248. The van der Waals surface area contributed by atoms with E-state index in [4.69, 9.17) is 14.9 Å². The van der Waals surface area contributed by atoms with Crippen molar-refractivity contribution in [3.63, 3.8) is 0 Å². The normalized spacial score (nSPS) is 15.0. The second-order valence-electron chi connectivity index (χ2n) is 2.27. The molecule has 70 valence electrons. The monoisotopic (exact) mass is 192 g/mol. The van der Waals surface area contributed by atoms with Gasteiger partial charge in [0, 0.05) is 0 Å². The van der Waals surface area contributed by atoms with E-state index in [-0.39, 0.29) is 5.76 Å². The van der Waals surface area contributed by atoms with E-state index in [0.29, 0.717) is 17.8 Å². The lowest BCUT2D eigenvalue weighted by atomic mass is 10.2. The van der Waals surface area contributed by atoms with Gasteiger partial charge in [-0.25, -0.2) is 0 Å². The Kier molecular flexibility index (Phi) is 4.24. The molecule has 0 aromatic heterocycles. The van der Waals surface area contributed by atoms with Crippen molar-refractivity contribution in [2.45, 2.75) is 20.3 Å². The Labute approximate surface area is 71.4 Å². The van der Waals surface area contributed by atoms with Crippen molar-refractivity contribution >= 4 is 7.60 Å². The van der Waals surface area contributed by atoms with Crippen LogP contribution in [-0.2, 0) is 4.57 Å². The van der Waals surface area contributed by atoms with E-state index in [9.17, 15) is 4.57 Å². The molecule has 0 aliphatic heterocycles. The summed E-state index contributed by atoms with van der Waals surface area (Å²) >= 11 is 0. The second kappa shape index (κ2) is 4.45. The van der Waals surface area contributed by atoms with E-state index in [0.717, 1.165) is 0 Å². The number of aliphatic hydroxyl groups is 1. The summed E-state index contributed by atoms with van der Waals surface area (Å²) in [5.74, 6) is 0.222. The first-order chi connectivity index (χ1) is 5.40. The van der Waals surface area contributed by atoms with Crippen LogP contribution in [0.2, 0.25) is 0 Å². The molecule has 0 aliphatic rings. The summed E-state index contributed by atoms with van der Waals surface area (Å²) in [5.41, 5.74) is 0.526. The highest BCUT2D eigenvalue weighted by atomic mass is 31.2. The van der Waals surface area contributed by atoms with Crippen molar-refractivity contribution in [3.8, 4) is 0 Å². The maximum Gasteiger partial charge on any atom is 0.352 e. The molecule has 0 amide bonds. The van der Waals surface area contributed by atoms with Crippen LogP contribution in [0.25, 0.3) is 0 Å². The Morgan fingerprint density at radius 2 is 2.00 bits per heavy atom. The van der Waals surface area contributed by atoms with Crippen molar-refractivity contribution in [2.24, 2.45) is 0 Å². The molecule has 0 saturated heterocycles. The number of hydrogen-bond donors (Lipinski definition) is 3. The van der Waals surface area contributed by atoms with Crippen LogP contribution in [0.1, 0.15) is 20.3 Å². The predicted octanol–water partition coefficient (Wildman–Crippen LogP) is 1.92. The van der Waals surface area contributed by atoms with E-state index in [1.165, 1.54) is 0 Å². The van der Waals surface area contributed by atoms with Gasteiger partial charge >= 0.3 is 7.60 Å². The molecule has 0 aromatic carbocycles. The van der Waals surface area contributed by atoms with Crippen LogP contribution in [0.15, 0.2) is 23.2 Å². The Morgan fingerprint density at radius 1 is 1.50 bits per heavy atom. The molecule has 0 saturated carbocycles. The highest BCUT2D eigenvalue weighted by Gasteiger charge is 2.11. The van der Waals surface area contributed by atoms with Gasteiger partial charge in [-0.1, -0.05) is 13.0 Å². The van der Waals surface area contributed by atoms with Gasteiger partial charge in [-0.3, -0.25) is 4.57 Å². The molecular weight excluding hydrogens is 179 g/mol. The third-order valence-corrected chi connectivity index (χ3v) is 1.93. The summed E-state index contributed by atoms with van der Waals surface area (Å²) in [5, 5.41) is 9.15. The highest BCUT2D eigenvalue weighted by molar-refractivity contribution is 7.55. The predicted molar refractivity (Wildman–Crippen MR) is 46.8 cm³/mol. The summed E-state index contributed by atoms with van der Waals surface area (Å²) < 4.78 is 10.4. The van der Waals surface area contributed by atoms with E-state index in [2.05, 4.69) is 0 Å². The average Bonchev–Trinajstić information content (AvgIpc) is 1.85. The van der Waals surface area contributed by atoms with Gasteiger partial charge in [0.1, 0.15) is 5.76 Å². The molecule has 0 bridgehead atoms. The van der Waals surface area contributed by atoms with E-state index in [1.807, 2.05) is 0 Å². The molecule has 0 heterocycles. The molecule has 5 heteroatoms. The van der Waals surface area contributed by atoms with E-state index in [1.54, 1.807) is 19.9 Å². The molecular formula is C7H13O4P. The van der Waals surface area contributed by atoms with Gasteiger partial charge in [-0.2, -0.15) is 0 Å². The Balaban J connectivity index is 4.70. The Morgan fingerprint density at radius 3 is 2.25 bits per heavy atom. The molecule has 4 nitrogen and oxygen atoms in total. The molecule has 0 radical (unpaired) electrons. The van der Waals surface area contributed by atoms with E-state index < -0.39 is 7.60 Å². The summed E-state index contributed by atoms with van der Waals surface area (Å²) in [6, 6.07) is 0. The summed E-state index contributed by atoms with van der Waals surface area (Å²) in [6.07, 6.45) is 2.15. The fourth-order valence-corrected chi connectivity index (χ4v) is 1.26. The van der Waals surface area contributed by atoms with Crippen LogP contribution < -0.4 is 0 Å². The summed E-state index contributed by atoms with van der Waals surface area (Å²) in [4.78, 5) is 17.0. The lowest BCUT2D eigenvalue weighted by molar-refractivity contribution is 0.378. The van der Waals surface area contributed by atoms with Crippen molar-refractivity contribution in [1.29, 1.82) is 0 Å². The van der Waals surface area contributed by atoms with Crippen LogP contribution in [0.5, 0.6) is 0 Å². The molecule has 0 atom stereocenters. The first kappa shape index (κ1) is 11.4. The minimum atomic E-state index is -4.25. The summed E-state index contributed by atoms with van der Waals surface area (Å²) in [6.45, 7) is 3.49. The van der Waals surface area contributed by atoms with Gasteiger partial charge in [0.25, 0.3) is 0 Å². The SMILES string of the molecule is C/C=C(CC)\C(O)=C\P(=O)(O)O. The quantitative estimate of drug-likeness (QED) is 0.362. The average molecular weight is 192 g/mol. The van der Waals surface area contributed by atoms with Crippen LogP contribution in [0, 0.1) is 0 Å². The molecule has 0 fully saturated rings. The maximum absolute atomic E-state index is 10.4. The van der Waals surface area contributed by atoms with Gasteiger partial charge < -0.3 is 14.9 Å². The molecule has 3 N–H and O–H groups in total. The lowest BCUT2D eigenvalue weighted by Gasteiger charge is -2.03. The fraction of sp³-hybridized carbons (Fsp3) is 0.429. The van der Waals surface area contributed by atoms with Gasteiger partial charge in [0.15, 0.2) is 0 Å². The van der Waals surface area contributed by atoms with Gasteiger partial charge in [-0.15, -0.1) is 0 Å². The minimum Gasteiger partial charge on any atom is -0.507 e. The van der Waals surface area contributed by atoms with Gasteiger partial charge in [0.05, 0.1) is 5.82 Å². The zero-order valence-corrected chi connectivity index (χ0v) is 7.95. The third-order valence-electron chi connectivity index (χ3n) is 1.35. The molecule has 12 heavy (non-hydrogen) atoms. The van der Waals surface area contributed by atoms with Crippen LogP contribution in [0.3, 0.4) is 0 Å². The zero-order chi connectivity index (χ0) is 9.78.